The maximum Gasteiger partial charge on any atom is 0.0641 e. The second-order valence-corrected chi connectivity index (χ2v) is 5.51. The van der Waals surface area contributed by atoms with Crippen molar-refractivity contribution < 1.29 is 4.74 Å². The lowest BCUT2D eigenvalue weighted by molar-refractivity contribution is 0.131. The molecule has 3 nitrogen and oxygen atoms in total. The van der Waals surface area contributed by atoms with Gasteiger partial charge < -0.3 is 15.4 Å². The molecule has 0 radical (unpaired) electrons. The smallest absolute Gasteiger partial charge is 0.0641 e. The fraction of sp³-hybridized carbons (Fsp3) is 0.625. The van der Waals surface area contributed by atoms with Gasteiger partial charge in [-0.1, -0.05) is 25.1 Å². The van der Waals surface area contributed by atoms with Crippen LogP contribution in [0.1, 0.15) is 37.8 Å². The van der Waals surface area contributed by atoms with Crippen LogP contribution in [-0.4, -0.2) is 26.8 Å². The van der Waals surface area contributed by atoms with Crippen LogP contribution in [-0.2, 0) is 4.74 Å². The number of likely N-dealkylation sites (N-methyl/N-ethyl adjacent to an activating group) is 1. The van der Waals surface area contributed by atoms with Gasteiger partial charge in [0.05, 0.1) is 6.61 Å². The quantitative estimate of drug-likeness (QED) is 0.732. The Morgan fingerprint density at radius 2 is 2.11 bits per heavy atom. The molecule has 106 valence electrons. The van der Waals surface area contributed by atoms with E-state index in [1.165, 1.54) is 24.1 Å². The summed E-state index contributed by atoms with van der Waals surface area (Å²) in [6, 6.07) is 8.52. The standard InChI is InChI=1S/C16H26N2O/c1-3-15(17)14-6-4-5-7-16(14)18(2)10-11-19-12-13-8-9-13/h4-7,13,15H,3,8-12,17H2,1-2H3/t15-/m0/s1. The first-order chi connectivity index (χ1) is 9.22. The van der Waals surface area contributed by atoms with Crippen LogP contribution in [0.4, 0.5) is 5.69 Å². The van der Waals surface area contributed by atoms with E-state index in [9.17, 15) is 0 Å². The average Bonchev–Trinajstić information content (AvgIpc) is 3.26. The Morgan fingerprint density at radius 1 is 1.37 bits per heavy atom. The van der Waals surface area contributed by atoms with E-state index in [1.54, 1.807) is 0 Å². The van der Waals surface area contributed by atoms with Crippen molar-refractivity contribution in [3.63, 3.8) is 0 Å². The van der Waals surface area contributed by atoms with Gasteiger partial charge in [0.25, 0.3) is 0 Å². The summed E-state index contributed by atoms with van der Waals surface area (Å²) in [7, 11) is 2.11. The van der Waals surface area contributed by atoms with Gasteiger partial charge in [-0.25, -0.2) is 0 Å². The Bertz CT molecular complexity index is 390. The number of hydrogen-bond acceptors (Lipinski definition) is 3. The first kappa shape index (κ1) is 14.4. The minimum Gasteiger partial charge on any atom is -0.379 e. The summed E-state index contributed by atoms with van der Waals surface area (Å²) in [5.41, 5.74) is 8.64. The highest BCUT2D eigenvalue weighted by molar-refractivity contribution is 5.54. The molecule has 0 aromatic heterocycles. The molecule has 0 unspecified atom stereocenters. The van der Waals surface area contributed by atoms with E-state index in [4.69, 9.17) is 10.5 Å². The van der Waals surface area contributed by atoms with Crippen LogP contribution >= 0.6 is 0 Å². The van der Waals surface area contributed by atoms with Gasteiger partial charge in [-0.15, -0.1) is 0 Å². The first-order valence-electron chi connectivity index (χ1n) is 7.35. The third-order valence-corrected chi connectivity index (χ3v) is 3.81. The largest absolute Gasteiger partial charge is 0.379 e. The van der Waals surface area contributed by atoms with Gasteiger partial charge in [0.2, 0.25) is 0 Å². The molecular formula is C16H26N2O. The van der Waals surface area contributed by atoms with E-state index in [-0.39, 0.29) is 6.04 Å². The molecule has 1 aliphatic rings. The predicted octanol–water partition coefficient (Wildman–Crippen LogP) is 2.96. The third-order valence-electron chi connectivity index (χ3n) is 3.81. The summed E-state index contributed by atoms with van der Waals surface area (Å²) in [6.45, 7) is 4.77. The molecule has 1 aromatic rings. The highest BCUT2D eigenvalue weighted by Crippen LogP contribution is 2.29. The topological polar surface area (TPSA) is 38.5 Å². The zero-order valence-electron chi connectivity index (χ0n) is 12.1. The molecule has 2 N–H and O–H groups in total. The number of nitrogens with zero attached hydrogens (tertiary/aromatic N) is 1. The summed E-state index contributed by atoms with van der Waals surface area (Å²) >= 11 is 0. The lowest BCUT2D eigenvalue weighted by Gasteiger charge is -2.24. The van der Waals surface area contributed by atoms with E-state index < -0.39 is 0 Å². The van der Waals surface area contributed by atoms with Crippen molar-refractivity contribution >= 4 is 5.69 Å². The highest BCUT2D eigenvalue weighted by atomic mass is 16.5. The predicted molar refractivity (Wildman–Crippen MR) is 80.5 cm³/mol. The fourth-order valence-corrected chi connectivity index (χ4v) is 2.23. The Balaban J connectivity index is 1.87. The van der Waals surface area contributed by atoms with Crippen LogP contribution in [0.2, 0.25) is 0 Å². The summed E-state index contributed by atoms with van der Waals surface area (Å²) in [6.07, 6.45) is 3.66. The molecular weight excluding hydrogens is 236 g/mol. The molecule has 1 saturated carbocycles. The van der Waals surface area contributed by atoms with Crippen LogP contribution in [0, 0.1) is 5.92 Å². The molecule has 3 heteroatoms. The molecule has 0 aliphatic heterocycles. The maximum absolute atomic E-state index is 6.18. The number of benzene rings is 1. The maximum atomic E-state index is 6.18. The monoisotopic (exact) mass is 262 g/mol. The highest BCUT2D eigenvalue weighted by Gasteiger charge is 2.21. The van der Waals surface area contributed by atoms with Gasteiger partial charge in [0, 0.05) is 31.9 Å². The fourth-order valence-electron chi connectivity index (χ4n) is 2.23. The Kier molecular flexibility index (Phi) is 5.23. The second-order valence-electron chi connectivity index (χ2n) is 5.51. The van der Waals surface area contributed by atoms with Crippen molar-refractivity contribution in [2.24, 2.45) is 11.7 Å². The summed E-state index contributed by atoms with van der Waals surface area (Å²) in [4.78, 5) is 2.25. The number of hydrogen-bond donors (Lipinski definition) is 1. The molecule has 1 fully saturated rings. The van der Waals surface area contributed by atoms with Crippen LogP contribution < -0.4 is 10.6 Å². The third kappa shape index (κ3) is 4.22. The van der Waals surface area contributed by atoms with Crippen LogP contribution in [0.25, 0.3) is 0 Å². The van der Waals surface area contributed by atoms with E-state index in [2.05, 4.69) is 43.1 Å². The van der Waals surface area contributed by atoms with Gasteiger partial charge in [-0.3, -0.25) is 0 Å². The lowest BCUT2D eigenvalue weighted by Crippen LogP contribution is -2.25. The molecule has 19 heavy (non-hydrogen) atoms. The molecule has 1 aliphatic carbocycles. The molecule has 1 atom stereocenters. The number of nitrogens with two attached hydrogens (primary N) is 1. The van der Waals surface area contributed by atoms with E-state index in [0.717, 1.165) is 32.1 Å². The van der Waals surface area contributed by atoms with Crippen molar-refractivity contribution in [3.8, 4) is 0 Å². The second kappa shape index (κ2) is 6.92. The van der Waals surface area contributed by atoms with Crippen molar-refractivity contribution in [2.45, 2.75) is 32.2 Å². The van der Waals surface area contributed by atoms with E-state index in [0.29, 0.717) is 0 Å². The molecule has 0 heterocycles. The van der Waals surface area contributed by atoms with Gasteiger partial charge in [0.15, 0.2) is 0 Å². The summed E-state index contributed by atoms with van der Waals surface area (Å²) in [5.74, 6) is 0.839. The number of rotatable bonds is 8. The SMILES string of the molecule is CC[C@H](N)c1ccccc1N(C)CCOCC1CC1. The number of para-hydroxylation sites is 1. The van der Waals surface area contributed by atoms with E-state index in [1.807, 2.05) is 0 Å². The van der Waals surface area contributed by atoms with Crippen molar-refractivity contribution in [1.29, 1.82) is 0 Å². The normalized spacial score (nSPS) is 16.4. The summed E-state index contributed by atoms with van der Waals surface area (Å²) < 4.78 is 5.70. The van der Waals surface area contributed by atoms with Crippen LogP contribution in [0.5, 0.6) is 0 Å². The minimum absolute atomic E-state index is 0.117. The Labute approximate surface area is 116 Å². The van der Waals surface area contributed by atoms with Crippen LogP contribution in [0.15, 0.2) is 24.3 Å². The summed E-state index contributed by atoms with van der Waals surface area (Å²) in [5, 5.41) is 0. The van der Waals surface area contributed by atoms with E-state index >= 15 is 0 Å². The lowest BCUT2D eigenvalue weighted by atomic mass is 10.0. The average molecular weight is 262 g/mol. The van der Waals surface area contributed by atoms with Gasteiger partial charge in [0.1, 0.15) is 0 Å². The van der Waals surface area contributed by atoms with Crippen molar-refractivity contribution in [2.75, 3.05) is 31.7 Å². The number of ether oxygens (including phenoxy) is 1. The zero-order valence-corrected chi connectivity index (χ0v) is 12.1. The first-order valence-corrected chi connectivity index (χ1v) is 7.35. The zero-order chi connectivity index (χ0) is 13.7. The molecule has 0 bridgehead atoms. The van der Waals surface area contributed by atoms with Gasteiger partial charge >= 0.3 is 0 Å². The Morgan fingerprint density at radius 3 is 2.79 bits per heavy atom. The minimum atomic E-state index is 0.117. The Hall–Kier alpha value is -1.06. The molecule has 2 rings (SSSR count). The van der Waals surface area contributed by atoms with Gasteiger partial charge in [-0.2, -0.15) is 0 Å². The molecule has 0 amide bonds. The number of anilines is 1. The van der Waals surface area contributed by atoms with Crippen molar-refractivity contribution in [1.82, 2.24) is 0 Å². The molecule has 1 aromatic carbocycles. The molecule has 0 spiro atoms. The van der Waals surface area contributed by atoms with Crippen LogP contribution in [0.3, 0.4) is 0 Å². The molecule has 0 saturated heterocycles. The van der Waals surface area contributed by atoms with Gasteiger partial charge in [-0.05, 0) is 36.8 Å². The van der Waals surface area contributed by atoms with Crippen molar-refractivity contribution in [3.05, 3.63) is 29.8 Å².